The molecule has 0 radical (unpaired) electrons. The Kier molecular flexibility index (Phi) is 5.91. The van der Waals surface area contributed by atoms with E-state index in [2.05, 4.69) is 14.7 Å². The monoisotopic (exact) mass is 381 g/mol. The first-order valence-corrected chi connectivity index (χ1v) is 8.26. The van der Waals surface area contributed by atoms with Crippen molar-refractivity contribution in [3.05, 3.63) is 36.0 Å². The standard InChI is InChI=1S/C15H16F5N3OS/c1-3-25-11-5-4-6-21-12(11)13-22-7-10(8-23(13)2)24-9-14(16,17)15(18,19)20/h4-8,13H,3,9H2,1-2H3. The minimum Gasteiger partial charge on any atom is -0.484 e. The zero-order valence-electron chi connectivity index (χ0n) is 13.4. The minimum absolute atomic E-state index is 0.177. The van der Waals surface area contributed by atoms with Gasteiger partial charge in [0.25, 0.3) is 0 Å². The Morgan fingerprint density at radius 3 is 2.60 bits per heavy atom. The molecule has 0 N–H and O–H groups in total. The van der Waals surface area contributed by atoms with Gasteiger partial charge in [-0.2, -0.15) is 22.0 Å². The van der Waals surface area contributed by atoms with Gasteiger partial charge >= 0.3 is 12.1 Å². The number of aromatic nitrogens is 1. The van der Waals surface area contributed by atoms with E-state index < -0.39 is 24.9 Å². The summed E-state index contributed by atoms with van der Waals surface area (Å²) in [6.07, 6.45) is -2.11. The normalized spacial score (nSPS) is 18.3. The number of ether oxygens (including phenoxy) is 1. The van der Waals surface area contributed by atoms with Gasteiger partial charge in [-0.3, -0.25) is 9.98 Å². The first-order chi connectivity index (χ1) is 11.7. The van der Waals surface area contributed by atoms with Gasteiger partial charge in [0.1, 0.15) is 0 Å². The van der Waals surface area contributed by atoms with E-state index in [4.69, 9.17) is 0 Å². The Balaban J connectivity index is 2.09. The van der Waals surface area contributed by atoms with Crippen molar-refractivity contribution in [2.75, 3.05) is 19.4 Å². The van der Waals surface area contributed by atoms with Crippen LogP contribution in [0.15, 0.2) is 40.2 Å². The average molecular weight is 381 g/mol. The van der Waals surface area contributed by atoms with Crippen LogP contribution >= 0.6 is 11.8 Å². The molecule has 1 aromatic rings. The van der Waals surface area contributed by atoms with Crippen molar-refractivity contribution in [3.63, 3.8) is 0 Å². The summed E-state index contributed by atoms with van der Waals surface area (Å²) in [5.41, 5.74) is 0.670. The molecule has 2 heterocycles. The maximum absolute atomic E-state index is 12.9. The van der Waals surface area contributed by atoms with E-state index in [-0.39, 0.29) is 5.76 Å². The molecule has 10 heteroatoms. The number of thioether (sulfide) groups is 1. The lowest BCUT2D eigenvalue weighted by molar-refractivity contribution is -0.293. The summed E-state index contributed by atoms with van der Waals surface area (Å²) in [4.78, 5) is 10.9. The largest absolute Gasteiger partial charge is 0.484 e. The Morgan fingerprint density at radius 1 is 1.28 bits per heavy atom. The van der Waals surface area contributed by atoms with Crippen molar-refractivity contribution >= 4 is 18.0 Å². The minimum atomic E-state index is -5.66. The van der Waals surface area contributed by atoms with Crippen LogP contribution in [0.5, 0.6) is 0 Å². The number of aliphatic imine (C=N–C) groups is 1. The van der Waals surface area contributed by atoms with Crippen LogP contribution in [0.3, 0.4) is 0 Å². The van der Waals surface area contributed by atoms with Crippen molar-refractivity contribution in [2.45, 2.75) is 30.1 Å². The van der Waals surface area contributed by atoms with Gasteiger partial charge in [0.05, 0.1) is 11.9 Å². The molecule has 4 nitrogen and oxygen atoms in total. The first kappa shape index (κ1) is 19.5. The zero-order valence-corrected chi connectivity index (χ0v) is 14.2. The van der Waals surface area contributed by atoms with Gasteiger partial charge in [-0.15, -0.1) is 11.8 Å². The smallest absolute Gasteiger partial charge is 0.456 e. The highest BCUT2D eigenvalue weighted by atomic mass is 32.2. The first-order valence-electron chi connectivity index (χ1n) is 7.27. The van der Waals surface area contributed by atoms with E-state index in [9.17, 15) is 22.0 Å². The van der Waals surface area contributed by atoms with Crippen LogP contribution in [-0.2, 0) is 4.74 Å². The molecule has 1 unspecified atom stereocenters. The fourth-order valence-electron chi connectivity index (χ4n) is 2.02. The summed E-state index contributed by atoms with van der Waals surface area (Å²) in [6.45, 7) is 0.190. The van der Waals surface area contributed by atoms with Gasteiger partial charge in [0.2, 0.25) is 0 Å². The Bertz CT molecular complexity index is 663. The van der Waals surface area contributed by atoms with Crippen LogP contribution in [0.25, 0.3) is 0 Å². The molecule has 0 amide bonds. The molecule has 1 atom stereocenters. The molecule has 25 heavy (non-hydrogen) atoms. The highest BCUT2D eigenvalue weighted by Gasteiger charge is 2.58. The number of hydrogen-bond acceptors (Lipinski definition) is 5. The van der Waals surface area contributed by atoms with E-state index in [1.807, 2.05) is 13.0 Å². The van der Waals surface area contributed by atoms with Crippen molar-refractivity contribution in [2.24, 2.45) is 4.99 Å². The maximum atomic E-state index is 12.9. The summed E-state index contributed by atoms with van der Waals surface area (Å²) in [5, 5.41) is 0. The molecule has 1 aliphatic rings. The zero-order chi connectivity index (χ0) is 18.7. The SMILES string of the molecule is CCSc1cccnc1C1N=CC(OCC(F)(F)C(F)(F)F)=CN1C. The molecule has 0 fully saturated rings. The predicted octanol–water partition coefficient (Wildman–Crippen LogP) is 4.26. The van der Waals surface area contributed by atoms with Gasteiger partial charge in [-0.25, -0.2) is 0 Å². The highest BCUT2D eigenvalue weighted by Crippen LogP contribution is 2.36. The average Bonchev–Trinajstić information content (AvgIpc) is 2.53. The van der Waals surface area contributed by atoms with Crippen molar-refractivity contribution in [3.8, 4) is 0 Å². The van der Waals surface area contributed by atoms with Gasteiger partial charge in [-0.1, -0.05) is 6.92 Å². The second-order valence-electron chi connectivity index (χ2n) is 5.16. The fraction of sp³-hybridized carbons (Fsp3) is 0.467. The summed E-state index contributed by atoms with van der Waals surface area (Å²) >= 11 is 1.58. The molecule has 138 valence electrons. The predicted molar refractivity (Wildman–Crippen MR) is 84.7 cm³/mol. The third-order valence-corrected chi connectivity index (χ3v) is 4.18. The van der Waals surface area contributed by atoms with E-state index in [0.29, 0.717) is 5.69 Å². The van der Waals surface area contributed by atoms with E-state index in [1.54, 1.807) is 36.0 Å². The highest BCUT2D eigenvalue weighted by molar-refractivity contribution is 7.99. The molecule has 0 saturated heterocycles. The molecular formula is C15H16F5N3OS. The Morgan fingerprint density at radius 2 is 2.00 bits per heavy atom. The molecule has 2 rings (SSSR count). The molecule has 1 aromatic heterocycles. The van der Waals surface area contributed by atoms with Gasteiger partial charge in [-0.05, 0) is 17.9 Å². The van der Waals surface area contributed by atoms with Crippen LogP contribution in [0.2, 0.25) is 0 Å². The number of hydrogen-bond donors (Lipinski definition) is 0. The van der Waals surface area contributed by atoms with E-state index in [1.165, 1.54) is 6.20 Å². The fourth-order valence-corrected chi connectivity index (χ4v) is 2.81. The topological polar surface area (TPSA) is 37.7 Å². The van der Waals surface area contributed by atoms with E-state index in [0.717, 1.165) is 16.9 Å². The van der Waals surface area contributed by atoms with E-state index >= 15 is 0 Å². The van der Waals surface area contributed by atoms with Crippen molar-refractivity contribution in [1.82, 2.24) is 9.88 Å². The number of nitrogens with zero attached hydrogens (tertiary/aromatic N) is 3. The summed E-state index contributed by atoms with van der Waals surface area (Å²) in [6, 6.07) is 3.68. The molecular weight excluding hydrogens is 365 g/mol. The second kappa shape index (κ2) is 7.59. The molecule has 1 aliphatic heterocycles. The lowest BCUT2D eigenvalue weighted by Gasteiger charge is -2.28. The third kappa shape index (κ3) is 4.62. The number of allylic oxidation sites excluding steroid dienone is 1. The molecule has 0 saturated carbocycles. The van der Waals surface area contributed by atoms with Gasteiger partial charge < -0.3 is 9.64 Å². The van der Waals surface area contributed by atoms with Gasteiger partial charge in [0.15, 0.2) is 18.5 Å². The van der Waals surface area contributed by atoms with Crippen LogP contribution < -0.4 is 0 Å². The lowest BCUT2D eigenvalue weighted by Crippen LogP contribution is -2.41. The maximum Gasteiger partial charge on any atom is 0.456 e. The molecule has 0 spiro atoms. The Hall–Kier alpha value is -1.84. The number of rotatable bonds is 6. The van der Waals surface area contributed by atoms with Gasteiger partial charge in [0, 0.05) is 24.3 Å². The third-order valence-electron chi connectivity index (χ3n) is 3.24. The summed E-state index contributed by atoms with van der Waals surface area (Å²) in [7, 11) is 1.61. The summed E-state index contributed by atoms with van der Waals surface area (Å²) < 4.78 is 66.9. The number of pyridine rings is 1. The van der Waals surface area contributed by atoms with Crippen LogP contribution in [0.4, 0.5) is 22.0 Å². The lowest BCUT2D eigenvalue weighted by atomic mass is 10.2. The molecule has 0 bridgehead atoms. The van der Waals surface area contributed by atoms with Crippen molar-refractivity contribution in [1.29, 1.82) is 0 Å². The number of alkyl halides is 5. The van der Waals surface area contributed by atoms with Crippen LogP contribution in [0.1, 0.15) is 18.8 Å². The summed E-state index contributed by atoms with van der Waals surface area (Å²) in [5.74, 6) is -4.28. The van der Waals surface area contributed by atoms with Crippen LogP contribution in [-0.4, -0.2) is 47.6 Å². The van der Waals surface area contributed by atoms with Crippen LogP contribution in [0, 0.1) is 0 Å². The Labute approximate surface area is 145 Å². The quantitative estimate of drug-likeness (QED) is 0.545. The number of halogens is 5. The van der Waals surface area contributed by atoms with Crippen molar-refractivity contribution < 1.29 is 26.7 Å². The molecule has 0 aliphatic carbocycles. The molecule has 0 aromatic carbocycles. The second-order valence-corrected chi connectivity index (χ2v) is 6.47.